The Morgan fingerprint density at radius 1 is 1.32 bits per heavy atom. The Bertz CT molecular complexity index is 413. The minimum Gasteiger partial charge on any atom is -0.307 e. The minimum atomic E-state index is -0.195. The number of nitrogens with one attached hydrogen (secondary N) is 1. The van der Waals surface area contributed by atoms with Crippen molar-refractivity contribution in [1.29, 1.82) is 0 Å². The van der Waals surface area contributed by atoms with Gasteiger partial charge in [-0.05, 0) is 72.2 Å². The summed E-state index contributed by atoms with van der Waals surface area (Å²) >= 11 is 3.25. The van der Waals surface area contributed by atoms with Crippen molar-refractivity contribution >= 4 is 15.9 Å². The number of benzene rings is 1. The quantitative estimate of drug-likeness (QED) is 0.800. The molecule has 1 aromatic carbocycles. The van der Waals surface area contributed by atoms with E-state index in [4.69, 9.17) is 0 Å². The normalized spacial score (nSPS) is 25.3. The number of rotatable bonds is 4. The van der Waals surface area contributed by atoms with E-state index in [1.807, 2.05) is 12.1 Å². The van der Waals surface area contributed by atoms with E-state index in [-0.39, 0.29) is 11.9 Å². The minimum absolute atomic E-state index is 0.195. The molecule has 1 aliphatic rings. The Hall–Kier alpha value is -0.410. The van der Waals surface area contributed by atoms with E-state index in [0.29, 0.717) is 10.5 Å². The first-order valence-electron chi connectivity index (χ1n) is 7.31. The van der Waals surface area contributed by atoms with E-state index < -0.39 is 0 Å². The maximum absolute atomic E-state index is 13.2. The van der Waals surface area contributed by atoms with Gasteiger partial charge in [0.25, 0.3) is 0 Å². The first-order chi connectivity index (χ1) is 9.10. The molecule has 0 amide bonds. The molecule has 106 valence electrons. The molecular formula is C16H23BrFN. The summed E-state index contributed by atoms with van der Waals surface area (Å²) in [6, 6.07) is 6.17. The summed E-state index contributed by atoms with van der Waals surface area (Å²) in [4.78, 5) is 0. The molecule has 2 rings (SSSR count). The summed E-state index contributed by atoms with van der Waals surface area (Å²) in [6.45, 7) is 4.45. The second-order valence-corrected chi connectivity index (χ2v) is 6.54. The van der Waals surface area contributed by atoms with Crippen LogP contribution in [-0.2, 0) is 0 Å². The first-order valence-corrected chi connectivity index (χ1v) is 8.10. The van der Waals surface area contributed by atoms with Gasteiger partial charge in [-0.25, -0.2) is 4.39 Å². The molecule has 1 aliphatic carbocycles. The van der Waals surface area contributed by atoms with Gasteiger partial charge in [0, 0.05) is 12.1 Å². The van der Waals surface area contributed by atoms with Crippen LogP contribution in [0.2, 0.25) is 0 Å². The molecule has 1 N–H and O–H groups in total. The molecule has 1 aromatic rings. The van der Waals surface area contributed by atoms with E-state index >= 15 is 0 Å². The van der Waals surface area contributed by atoms with Crippen LogP contribution in [0.3, 0.4) is 0 Å². The molecule has 1 unspecified atom stereocenters. The molecule has 0 bridgehead atoms. The maximum atomic E-state index is 13.2. The van der Waals surface area contributed by atoms with Gasteiger partial charge < -0.3 is 5.32 Å². The van der Waals surface area contributed by atoms with Gasteiger partial charge in [0.15, 0.2) is 0 Å². The van der Waals surface area contributed by atoms with Crippen molar-refractivity contribution in [3.8, 4) is 0 Å². The highest BCUT2D eigenvalue weighted by Crippen LogP contribution is 2.28. The van der Waals surface area contributed by atoms with Crippen molar-refractivity contribution in [3.05, 3.63) is 34.1 Å². The van der Waals surface area contributed by atoms with E-state index in [1.165, 1.54) is 38.2 Å². The molecule has 1 nitrogen and oxygen atoms in total. The third-order valence-electron chi connectivity index (χ3n) is 4.35. The van der Waals surface area contributed by atoms with Gasteiger partial charge >= 0.3 is 0 Å². The van der Waals surface area contributed by atoms with Crippen molar-refractivity contribution in [2.45, 2.75) is 58.0 Å². The van der Waals surface area contributed by atoms with Crippen molar-refractivity contribution in [2.75, 3.05) is 0 Å². The maximum Gasteiger partial charge on any atom is 0.137 e. The van der Waals surface area contributed by atoms with E-state index in [0.717, 1.165) is 11.5 Å². The van der Waals surface area contributed by atoms with Gasteiger partial charge in [-0.1, -0.05) is 19.4 Å². The summed E-state index contributed by atoms with van der Waals surface area (Å²) in [7, 11) is 0. The molecule has 1 saturated carbocycles. The van der Waals surface area contributed by atoms with Crippen LogP contribution < -0.4 is 5.32 Å². The van der Waals surface area contributed by atoms with E-state index in [1.54, 1.807) is 0 Å². The average Bonchev–Trinajstić information content (AvgIpc) is 2.42. The lowest BCUT2D eigenvalue weighted by molar-refractivity contribution is 0.273. The lowest BCUT2D eigenvalue weighted by atomic mass is 9.84. The zero-order chi connectivity index (χ0) is 13.8. The topological polar surface area (TPSA) is 12.0 Å². The van der Waals surface area contributed by atoms with Gasteiger partial charge in [0.1, 0.15) is 5.82 Å². The van der Waals surface area contributed by atoms with Gasteiger partial charge in [0.05, 0.1) is 4.47 Å². The third kappa shape index (κ3) is 4.03. The van der Waals surface area contributed by atoms with E-state index in [9.17, 15) is 4.39 Å². The van der Waals surface area contributed by atoms with Crippen LogP contribution >= 0.6 is 15.9 Å². The third-order valence-corrected chi connectivity index (χ3v) is 4.96. The Kier molecular flexibility index (Phi) is 5.40. The lowest BCUT2D eigenvalue weighted by Gasteiger charge is -2.31. The van der Waals surface area contributed by atoms with Crippen LogP contribution in [0.15, 0.2) is 22.7 Å². The molecule has 3 heteroatoms. The number of hydrogen-bond acceptors (Lipinski definition) is 1. The van der Waals surface area contributed by atoms with Crippen LogP contribution in [0.1, 0.15) is 57.6 Å². The fourth-order valence-corrected chi connectivity index (χ4v) is 3.37. The second-order valence-electron chi connectivity index (χ2n) is 5.69. The van der Waals surface area contributed by atoms with Crippen LogP contribution in [0.5, 0.6) is 0 Å². The molecule has 0 radical (unpaired) electrons. The van der Waals surface area contributed by atoms with Crippen LogP contribution in [-0.4, -0.2) is 6.04 Å². The Morgan fingerprint density at radius 2 is 2.00 bits per heavy atom. The molecule has 0 aliphatic heterocycles. The highest BCUT2D eigenvalue weighted by Gasteiger charge is 2.21. The highest BCUT2D eigenvalue weighted by atomic mass is 79.9. The van der Waals surface area contributed by atoms with Crippen molar-refractivity contribution in [3.63, 3.8) is 0 Å². The molecule has 1 atom stereocenters. The number of hydrogen-bond donors (Lipinski definition) is 1. The Morgan fingerprint density at radius 3 is 2.58 bits per heavy atom. The average molecular weight is 328 g/mol. The van der Waals surface area contributed by atoms with Crippen molar-refractivity contribution < 1.29 is 4.39 Å². The number of halogens is 2. The fraction of sp³-hybridized carbons (Fsp3) is 0.625. The zero-order valence-corrected chi connectivity index (χ0v) is 13.3. The standard InChI is InChI=1S/C16H23BrFN/c1-3-12-4-7-14(8-5-12)19-11(2)13-6-9-16(18)15(17)10-13/h6,9-12,14,19H,3-5,7-8H2,1-2H3. The molecule has 0 heterocycles. The fourth-order valence-electron chi connectivity index (χ4n) is 2.97. The SMILES string of the molecule is CCC1CCC(NC(C)c2ccc(F)c(Br)c2)CC1. The second kappa shape index (κ2) is 6.85. The predicted molar refractivity (Wildman–Crippen MR) is 81.7 cm³/mol. The monoisotopic (exact) mass is 327 g/mol. The molecule has 0 saturated heterocycles. The molecular weight excluding hydrogens is 305 g/mol. The van der Waals surface area contributed by atoms with Gasteiger partial charge in [-0.3, -0.25) is 0 Å². The highest BCUT2D eigenvalue weighted by molar-refractivity contribution is 9.10. The summed E-state index contributed by atoms with van der Waals surface area (Å²) in [6.07, 6.45) is 6.53. The summed E-state index contributed by atoms with van der Waals surface area (Å²) in [5, 5.41) is 3.68. The Balaban J connectivity index is 1.90. The molecule has 0 aromatic heterocycles. The smallest absolute Gasteiger partial charge is 0.137 e. The zero-order valence-electron chi connectivity index (χ0n) is 11.8. The van der Waals surface area contributed by atoms with Crippen LogP contribution in [0, 0.1) is 11.7 Å². The first kappa shape index (κ1) is 15.0. The van der Waals surface area contributed by atoms with Gasteiger partial charge in [-0.15, -0.1) is 0 Å². The molecule has 1 fully saturated rings. The van der Waals surface area contributed by atoms with Crippen molar-refractivity contribution in [2.24, 2.45) is 5.92 Å². The summed E-state index contributed by atoms with van der Waals surface area (Å²) in [5.74, 6) is 0.729. The van der Waals surface area contributed by atoms with Gasteiger partial charge in [-0.2, -0.15) is 0 Å². The summed E-state index contributed by atoms with van der Waals surface area (Å²) in [5.41, 5.74) is 1.14. The van der Waals surface area contributed by atoms with Crippen LogP contribution in [0.4, 0.5) is 4.39 Å². The lowest BCUT2D eigenvalue weighted by Crippen LogP contribution is -2.34. The largest absolute Gasteiger partial charge is 0.307 e. The van der Waals surface area contributed by atoms with E-state index in [2.05, 4.69) is 35.1 Å². The molecule has 19 heavy (non-hydrogen) atoms. The van der Waals surface area contributed by atoms with Gasteiger partial charge in [0.2, 0.25) is 0 Å². The van der Waals surface area contributed by atoms with Crippen LogP contribution in [0.25, 0.3) is 0 Å². The predicted octanol–water partition coefficient (Wildman–Crippen LogP) is 5.21. The Labute approximate surface area is 124 Å². The summed E-state index contributed by atoms with van der Waals surface area (Å²) < 4.78 is 13.8. The van der Waals surface area contributed by atoms with Crippen molar-refractivity contribution in [1.82, 2.24) is 5.32 Å². The molecule has 0 spiro atoms.